The molecule has 0 aliphatic carbocycles. The standard InChI is InChI=1S/C24H31N3O5S/c1-17-5-7-21(18(2)14-17)24(28)26-23-15-20(33(29,30)27-9-12-31-13-10-27)6-8-22(23)25-16-19-4-3-11-32-19/h5-8,14-15,19,25H,3-4,9-13,16H2,1-2H3,(H,26,28). The molecule has 2 fully saturated rings. The van der Waals surface area contributed by atoms with Gasteiger partial charge in [-0.25, -0.2) is 8.42 Å². The van der Waals surface area contributed by atoms with Crippen LogP contribution in [0.2, 0.25) is 0 Å². The molecule has 0 radical (unpaired) electrons. The Labute approximate surface area is 195 Å². The SMILES string of the molecule is Cc1ccc(C(=O)Nc2cc(S(=O)(=O)N3CCOCC3)ccc2NCC2CCCO2)c(C)c1. The average Bonchev–Trinajstić information content (AvgIpc) is 3.32. The molecule has 1 atom stereocenters. The summed E-state index contributed by atoms with van der Waals surface area (Å²) in [4.78, 5) is 13.2. The number of morpholine rings is 1. The van der Waals surface area contributed by atoms with E-state index in [2.05, 4.69) is 10.6 Å². The zero-order chi connectivity index (χ0) is 23.4. The third-order valence-corrected chi connectivity index (χ3v) is 7.91. The van der Waals surface area contributed by atoms with E-state index < -0.39 is 10.0 Å². The lowest BCUT2D eigenvalue weighted by atomic mass is 10.1. The Balaban J connectivity index is 1.62. The van der Waals surface area contributed by atoms with Gasteiger partial charge < -0.3 is 20.1 Å². The van der Waals surface area contributed by atoms with Crippen molar-refractivity contribution in [3.8, 4) is 0 Å². The summed E-state index contributed by atoms with van der Waals surface area (Å²) in [6.07, 6.45) is 2.10. The topological polar surface area (TPSA) is 97.0 Å². The molecule has 1 unspecified atom stereocenters. The molecule has 2 aromatic carbocycles. The summed E-state index contributed by atoms with van der Waals surface area (Å²) in [5, 5.41) is 6.25. The minimum atomic E-state index is -3.70. The monoisotopic (exact) mass is 473 g/mol. The molecule has 2 aliphatic heterocycles. The van der Waals surface area contributed by atoms with E-state index in [1.54, 1.807) is 18.2 Å². The van der Waals surface area contributed by atoms with Gasteiger partial charge in [-0.3, -0.25) is 4.79 Å². The molecule has 2 aromatic rings. The van der Waals surface area contributed by atoms with Crippen molar-refractivity contribution in [3.05, 3.63) is 53.1 Å². The van der Waals surface area contributed by atoms with Crippen molar-refractivity contribution in [1.82, 2.24) is 4.31 Å². The quantitative estimate of drug-likeness (QED) is 0.641. The van der Waals surface area contributed by atoms with Gasteiger partial charge in [0.1, 0.15) is 0 Å². The number of nitrogens with one attached hydrogen (secondary N) is 2. The van der Waals surface area contributed by atoms with E-state index in [0.717, 1.165) is 30.6 Å². The van der Waals surface area contributed by atoms with Crippen molar-refractivity contribution >= 4 is 27.3 Å². The zero-order valence-corrected chi connectivity index (χ0v) is 19.9. The van der Waals surface area contributed by atoms with E-state index in [1.807, 2.05) is 26.0 Å². The summed E-state index contributed by atoms with van der Waals surface area (Å²) in [5.74, 6) is -0.284. The van der Waals surface area contributed by atoms with Crippen molar-refractivity contribution in [2.24, 2.45) is 0 Å². The van der Waals surface area contributed by atoms with E-state index in [0.29, 0.717) is 49.8 Å². The molecule has 0 saturated carbocycles. The van der Waals surface area contributed by atoms with Crippen LogP contribution in [0.15, 0.2) is 41.3 Å². The number of sulfonamides is 1. The maximum absolute atomic E-state index is 13.2. The molecule has 2 saturated heterocycles. The lowest BCUT2D eigenvalue weighted by molar-refractivity contribution is 0.0730. The lowest BCUT2D eigenvalue weighted by Gasteiger charge is -2.26. The van der Waals surface area contributed by atoms with Gasteiger partial charge in [-0.15, -0.1) is 0 Å². The van der Waals surface area contributed by atoms with Crippen molar-refractivity contribution < 1.29 is 22.7 Å². The number of nitrogens with zero attached hydrogens (tertiary/aromatic N) is 1. The second-order valence-corrected chi connectivity index (χ2v) is 10.5. The van der Waals surface area contributed by atoms with Gasteiger partial charge >= 0.3 is 0 Å². The Morgan fingerprint density at radius 2 is 1.85 bits per heavy atom. The fourth-order valence-electron chi connectivity index (χ4n) is 4.16. The Hall–Kier alpha value is -2.46. The largest absolute Gasteiger partial charge is 0.381 e. The highest BCUT2D eigenvalue weighted by atomic mass is 32.2. The summed E-state index contributed by atoms with van der Waals surface area (Å²) in [6.45, 7) is 6.56. The second-order valence-electron chi connectivity index (χ2n) is 8.51. The van der Waals surface area contributed by atoms with E-state index in [-0.39, 0.29) is 16.9 Å². The van der Waals surface area contributed by atoms with E-state index >= 15 is 0 Å². The molecule has 2 aliphatic rings. The summed E-state index contributed by atoms with van der Waals surface area (Å²) in [6, 6.07) is 10.4. The highest BCUT2D eigenvalue weighted by molar-refractivity contribution is 7.89. The molecule has 33 heavy (non-hydrogen) atoms. The van der Waals surface area contributed by atoms with Crippen LogP contribution >= 0.6 is 0 Å². The molecule has 178 valence electrons. The fourth-order valence-corrected chi connectivity index (χ4v) is 5.60. The predicted octanol–water partition coefficient (Wildman–Crippen LogP) is 3.17. The van der Waals surface area contributed by atoms with Gasteiger partial charge in [0.05, 0.1) is 35.6 Å². The number of carbonyl (C=O) groups excluding carboxylic acids is 1. The lowest BCUT2D eigenvalue weighted by Crippen LogP contribution is -2.40. The van der Waals surface area contributed by atoms with Crippen LogP contribution in [0.25, 0.3) is 0 Å². The predicted molar refractivity (Wildman–Crippen MR) is 127 cm³/mol. The number of carbonyl (C=O) groups is 1. The van der Waals surface area contributed by atoms with Crippen molar-refractivity contribution in [2.45, 2.75) is 37.7 Å². The summed E-state index contributed by atoms with van der Waals surface area (Å²) in [7, 11) is -3.70. The molecule has 0 spiro atoms. The third kappa shape index (κ3) is 5.55. The number of amides is 1. The summed E-state index contributed by atoms with van der Waals surface area (Å²) in [5.41, 5.74) is 3.56. The van der Waals surface area contributed by atoms with Gasteiger partial charge in [0, 0.05) is 31.8 Å². The molecular formula is C24H31N3O5S. The van der Waals surface area contributed by atoms with Crippen LogP contribution in [0.5, 0.6) is 0 Å². The van der Waals surface area contributed by atoms with Crippen LogP contribution in [-0.2, 0) is 19.5 Å². The molecule has 4 rings (SSSR count). The summed E-state index contributed by atoms with van der Waals surface area (Å²) >= 11 is 0. The van der Waals surface area contributed by atoms with Gasteiger partial charge in [-0.2, -0.15) is 4.31 Å². The number of hydrogen-bond acceptors (Lipinski definition) is 6. The number of hydrogen-bond donors (Lipinski definition) is 2. The third-order valence-electron chi connectivity index (χ3n) is 6.02. The molecule has 8 nitrogen and oxygen atoms in total. The Bertz CT molecular complexity index is 1110. The highest BCUT2D eigenvalue weighted by Gasteiger charge is 2.27. The van der Waals surface area contributed by atoms with Crippen molar-refractivity contribution in [1.29, 1.82) is 0 Å². The number of anilines is 2. The van der Waals surface area contributed by atoms with Crippen LogP contribution < -0.4 is 10.6 Å². The number of aryl methyl sites for hydroxylation is 2. The first-order chi connectivity index (χ1) is 15.8. The maximum Gasteiger partial charge on any atom is 0.255 e. The Morgan fingerprint density at radius 1 is 1.06 bits per heavy atom. The van der Waals surface area contributed by atoms with Crippen LogP contribution in [-0.4, -0.2) is 64.2 Å². The normalized spacial score (nSPS) is 19.4. The van der Waals surface area contributed by atoms with E-state index in [9.17, 15) is 13.2 Å². The highest BCUT2D eigenvalue weighted by Crippen LogP contribution is 2.29. The molecule has 2 heterocycles. The number of ether oxygens (including phenoxy) is 2. The van der Waals surface area contributed by atoms with E-state index in [1.165, 1.54) is 10.4 Å². The van der Waals surface area contributed by atoms with Crippen LogP contribution in [0, 0.1) is 13.8 Å². The zero-order valence-electron chi connectivity index (χ0n) is 19.1. The first-order valence-corrected chi connectivity index (χ1v) is 12.7. The minimum Gasteiger partial charge on any atom is -0.381 e. The molecule has 1 amide bonds. The van der Waals surface area contributed by atoms with Gasteiger partial charge in [-0.1, -0.05) is 17.7 Å². The smallest absolute Gasteiger partial charge is 0.255 e. The molecule has 0 bridgehead atoms. The molecule has 9 heteroatoms. The fraction of sp³-hybridized carbons (Fsp3) is 0.458. The van der Waals surface area contributed by atoms with E-state index in [4.69, 9.17) is 9.47 Å². The molecule has 2 N–H and O–H groups in total. The molecular weight excluding hydrogens is 442 g/mol. The first-order valence-electron chi connectivity index (χ1n) is 11.3. The molecule has 0 aromatic heterocycles. The van der Waals surface area contributed by atoms with Crippen molar-refractivity contribution in [2.75, 3.05) is 50.1 Å². The van der Waals surface area contributed by atoms with Gasteiger partial charge in [0.25, 0.3) is 5.91 Å². The minimum absolute atomic E-state index is 0.102. The number of benzene rings is 2. The summed E-state index contributed by atoms with van der Waals surface area (Å²) < 4.78 is 38.8. The van der Waals surface area contributed by atoms with Gasteiger partial charge in [0.2, 0.25) is 10.0 Å². The number of rotatable bonds is 7. The van der Waals surface area contributed by atoms with Crippen LogP contribution in [0.4, 0.5) is 11.4 Å². The first kappa shape index (κ1) is 23.7. The van der Waals surface area contributed by atoms with Crippen LogP contribution in [0.1, 0.15) is 34.3 Å². The second kappa shape index (κ2) is 10.2. The maximum atomic E-state index is 13.2. The van der Waals surface area contributed by atoms with Crippen molar-refractivity contribution in [3.63, 3.8) is 0 Å². The van der Waals surface area contributed by atoms with Gasteiger partial charge in [-0.05, 0) is 56.5 Å². The Kier molecular flexibility index (Phi) is 7.33. The Morgan fingerprint density at radius 3 is 2.55 bits per heavy atom. The van der Waals surface area contributed by atoms with Gasteiger partial charge in [0.15, 0.2) is 0 Å². The van der Waals surface area contributed by atoms with Crippen LogP contribution in [0.3, 0.4) is 0 Å². The average molecular weight is 474 g/mol.